The highest BCUT2D eigenvalue weighted by atomic mass is 16.5. The van der Waals surface area contributed by atoms with Crippen molar-refractivity contribution >= 4 is 11.6 Å². The highest BCUT2D eigenvalue weighted by Gasteiger charge is 2.25. The smallest absolute Gasteiger partial charge is 0.263 e. The number of nitrogens with zero attached hydrogens (tertiary/aromatic N) is 1. The molecule has 2 aromatic rings. The van der Waals surface area contributed by atoms with Crippen LogP contribution in [0.3, 0.4) is 0 Å². The molecule has 0 radical (unpaired) electrons. The first-order chi connectivity index (χ1) is 9.33. The number of aromatic amines is 1. The molecule has 0 saturated heterocycles. The fourth-order valence-electron chi connectivity index (χ4n) is 1.94. The summed E-state index contributed by atoms with van der Waals surface area (Å²) in [6.07, 6.45) is 2.91. The molecule has 1 atom stereocenters. The van der Waals surface area contributed by atoms with Gasteiger partial charge in [-0.15, -0.1) is 0 Å². The lowest BCUT2D eigenvalue weighted by atomic mass is 10.2. The van der Waals surface area contributed by atoms with Crippen LogP contribution in [0.1, 0.15) is 5.56 Å². The molecule has 98 valence electrons. The van der Waals surface area contributed by atoms with Crippen LogP contribution in [0.5, 0.6) is 5.75 Å². The molecule has 19 heavy (non-hydrogen) atoms. The van der Waals surface area contributed by atoms with E-state index in [-0.39, 0.29) is 5.91 Å². The van der Waals surface area contributed by atoms with Gasteiger partial charge >= 0.3 is 0 Å². The summed E-state index contributed by atoms with van der Waals surface area (Å²) in [5.41, 5.74) is 1.85. The van der Waals surface area contributed by atoms with Crippen LogP contribution in [-0.4, -0.2) is 28.8 Å². The molecule has 0 aliphatic carbocycles. The number of fused-ring (bicyclic) bond motifs is 1. The topological polar surface area (TPSA) is 79.0 Å². The van der Waals surface area contributed by atoms with E-state index in [4.69, 9.17) is 4.74 Å². The number of nitrogens with one attached hydrogen (secondary N) is 3. The van der Waals surface area contributed by atoms with Gasteiger partial charge in [-0.3, -0.25) is 9.89 Å². The molecular weight excluding hydrogens is 244 g/mol. The summed E-state index contributed by atoms with van der Waals surface area (Å²) in [5, 5.41) is 12.5. The molecular formula is C13H14N4O2. The molecule has 6 nitrogen and oxygen atoms in total. The number of amides is 1. The van der Waals surface area contributed by atoms with Crippen molar-refractivity contribution in [2.24, 2.45) is 0 Å². The predicted molar refractivity (Wildman–Crippen MR) is 69.8 cm³/mol. The number of aromatic nitrogens is 2. The lowest BCUT2D eigenvalue weighted by Gasteiger charge is -2.26. The Kier molecular flexibility index (Phi) is 3.06. The molecule has 1 amide bonds. The number of carbonyl (C=O) groups excluding carboxylic acids is 1. The van der Waals surface area contributed by atoms with Gasteiger partial charge in [0.1, 0.15) is 5.75 Å². The second-order valence-corrected chi connectivity index (χ2v) is 4.31. The number of anilines is 1. The standard InChI is InChI=1S/C13H14N4O2/c18-13(15-5-9-6-16-17-7-9)12-8-14-10-3-1-2-4-11(10)19-12/h1-4,6-7,12,14H,5,8H2,(H,15,18)(H,16,17). The van der Waals surface area contributed by atoms with Crippen molar-refractivity contribution in [2.75, 3.05) is 11.9 Å². The lowest BCUT2D eigenvalue weighted by Crippen LogP contribution is -2.44. The molecule has 2 heterocycles. The van der Waals surface area contributed by atoms with Crippen LogP contribution in [0.25, 0.3) is 0 Å². The van der Waals surface area contributed by atoms with Crippen molar-refractivity contribution in [3.05, 3.63) is 42.2 Å². The van der Waals surface area contributed by atoms with Crippen LogP contribution < -0.4 is 15.4 Å². The van der Waals surface area contributed by atoms with E-state index in [9.17, 15) is 4.79 Å². The quantitative estimate of drug-likeness (QED) is 0.764. The van der Waals surface area contributed by atoms with Gasteiger partial charge in [-0.25, -0.2) is 0 Å². The van der Waals surface area contributed by atoms with Crippen molar-refractivity contribution < 1.29 is 9.53 Å². The largest absolute Gasteiger partial charge is 0.477 e. The number of ether oxygens (including phenoxy) is 1. The van der Waals surface area contributed by atoms with Crippen LogP contribution in [0.2, 0.25) is 0 Å². The Morgan fingerprint density at radius 3 is 3.21 bits per heavy atom. The summed E-state index contributed by atoms with van der Waals surface area (Å²) >= 11 is 0. The highest BCUT2D eigenvalue weighted by molar-refractivity contribution is 5.83. The van der Waals surface area contributed by atoms with Crippen LogP contribution in [0.4, 0.5) is 5.69 Å². The Hall–Kier alpha value is -2.50. The first-order valence-corrected chi connectivity index (χ1v) is 6.08. The maximum atomic E-state index is 12.0. The number of carbonyl (C=O) groups is 1. The molecule has 0 fully saturated rings. The second-order valence-electron chi connectivity index (χ2n) is 4.31. The maximum Gasteiger partial charge on any atom is 0.263 e. The Bertz CT molecular complexity index is 568. The van der Waals surface area contributed by atoms with Gasteiger partial charge in [0, 0.05) is 18.3 Å². The Balaban J connectivity index is 1.60. The third-order valence-corrected chi connectivity index (χ3v) is 2.95. The molecule has 6 heteroatoms. The van der Waals surface area contributed by atoms with Gasteiger partial charge in [-0.05, 0) is 12.1 Å². The van der Waals surface area contributed by atoms with E-state index in [0.717, 1.165) is 11.3 Å². The number of rotatable bonds is 3. The molecule has 1 aliphatic rings. The summed E-state index contributed by atoms with van der Waals surface area (Å²) in [6, 6.07) is 7.58. The van der Waals surface area contributed by atoms with Gasteiger partial charge < -0.3 is 15.4 Å². The second kappa shape index (κ2) is 5.01. The highest BCUT2D eigenvalue weighted by Crippen LogP contribution is 2.28. The maximum absolute atomic E-state index is 12.0. The van der Waals surface area contributed by atoms with Crippen molar-refractivity contribution in [2.45, 2.75) is 12.6 Å². The monoisotopic (exact) mass is 258 g/mol. The summed E-state index contributed by atoms with van der Waals surface area (Å²) < 4.78 is 5.67. The van der Waals surface area contributed by atoms with E-state index >= 15 is 0 Å². The molecule has 0 saturated carbocycles. The SMILES string of the molecule is O=C(NCc1cn[nH]c1)C1CNc2ccccc2O1. The zero-order valence-corrected chi connectivity index (χ0v) is 10.2. The number of H-pyrrole nitrogens is 1. The first-order valence-electron chi connectivity index (χ1n) is 6.08. The van der Waals surface area contributed by atoms with Crippen LogP contribution >= 0.6 is 0 Å². The van der Waals surface area contributed by atoms with E-state index in [1.54, 1.807) is 12.4 Å². The van der Waals surface area contributed by atoms with E-state index in [2.05, 4.69) is 20.8 Å². The third-order valence-electron chi connectivity index (χ3n) is 2.95. The minimum Gasteiger partial charge on any atom is -0.477 e. The minimum atomic E-state index is -0.512. The Morgan fingerprint density at radius 1 is 1.47 bits per heavy atom. The molecule has 3 N–H and O–H groups in total. The van der Waals surface area contributed by atoms with Crippen LogP contribution in [0, 0.1) is 0 Å². The average molecular weight is 258 g/mol. The third kappa shape index (κ3) is 2.52. The molecule has 0 spiro atoms. The molecule has 1 aromatic carbocycles. The summed E-state index contributed by atoms with van der Waals surface area (Å²) in [5.74, 6) is 0.570. The lowest BCUT2D eigenvalue weighted by molar-refractivity contribution is -0.127. The predicted octanol–water partition coefficient (Wildman–Crippen LogP) is 0.899. The van der Waals surface area contributed by atoms with Crippen LogP contribution in [0.15, 0.2) is 36.7 Å². The fraction of sp³-hybridized carbons (Fsp3) is 0.231. The zero-order chi connectivity index (χ0) is 13.1. The minimum absolute atomic E-state index is 0.136. The normalized spacial score (nSPS) is 16.9. The number of para-hydroxylation sites is 2. The number of hydrogen-bond donors (Lipinski definition) is 3. The molecule has 3 rings (SSSR count). The number of benzene rings is 1. The summed E-state index contributed by atoms with van der Waals surface area (Å²) in [6.45, 7) is 0.908. The van der Waals surface area contributed by atoms with Crippen LogP contribution in [-0.2, 0) is 11.3 Å². The number of hydrogen-bond acceptors (Lipinski definition) is 4. The molecule has 1 aromatic heterocycles. The fourth-order valence-corrected chi connectivity index (χ4v) is 1.94. The molecule has 0 bridgehead atoms. The van der Waals surface area contributed by atoms with Gasteiger partial charge in [0.05, 0.1) is 18.4 Å². The van der Waals surface area contributed by atoms with Crippen molar-refractivity contribution in [3.8, 4) is 5.75 Å². The van der Waals surface area contributed by atoms with E-state index in [1.807, 2.05) is 24.3 Å². The van der Waals surface area contributed by atoms with E-state index in [0.29, 0.717) is 18.8 Å². The van der Waals surface area contributed by atoms with Crippen molar-refractivity contribution in [1.82, 2.24) is 15.5 Å². The zero-order valence-electron chi connectivity index (χ0n) is 10.2. The van der Waals surface area contributed by atoms with E-state index in [1.165, 1.54) is 0 Å². The molecule has 1 unspecified atom stereocenters. The van der Waals surface area contributed by atoms with Crippen molar-refractivity contribution in [1.29, 1.82) is 0 Å². The first kappa shape index (κ1) is 11.6. The van der Waals surface area contributed by atoms with Gasteiger partial charge in [-0.2, -0.15) is 5.10 Å². The average Bonchev–Trinajstić information content (AvgIpc) is 2.97. The van der Waals surface area contributed by atoms with Gasteiger partial charge in [0.2, 0.25) is 0 Å². The van der Waals surface area contributed by atoms with Gasteiger partial charge in [0.15, 0.2) is 6.10 Å². The summed E-state index contributed by atoms with van der Waals surface area (Å²) in [7, 11) is 0. The van der Waals surface area contributed by atoms with Crippen molar-refractivity contribution in [3.63, 3.8) is 0 Å². The van der Waals surface area contributed by atoms with Gasteiger partial charge in [-0.1, -0.05) is 12.1 Å². The summed E-state index contributed by atoms with van der Waals surface area (Å²) in [4.78, 5) is 12.0. The van der Waals surface area contributed by atoms with Gasteiger partial charge in [0.25, 0.3) is 5.91 Å². The Labute approximate surface area is 110 Å². The van der Waals surface area contributed by atoms with E-state index < -0.39 is 6.10 Å². The molecule has 1 aliphatic heterocycles. The Morgan fingerprint density at radius 2 is 2.37 bits per heavy atom.